The quantitative estimate of drug-likeness (QED) is 0.502. The van der Waals surface area contributed by atoms with Crippen molar-refractivity contribution in [3.63, 3.8) is 0 Å². The highest BCUT2D eigenvalue weighted by molar-refractivity contribution is 5.97. The van der Waals surface area contributed by atoms with Crippen molar-refractivity contribution in [2.45, 2.75) is 33.6 Å². The monoisotopic (exact) mass is 138 g/mol. The Morgan fingerprint density at radius 3 is 2.50 bits per heavy atom. The van der Waals surface area contributed by atoms with Gasteiger partial charge in [0, 0.05) is 5.92 Å². The summed E-state index contributed by atoms with van der Waals surface area (Å²) in [6.07, 6.45) is 2.15. The molecule has 56 valence electrons. The van der Waals surface area contributed by atoms with Crippen LogP contribution in [0.5, 0.6) is 0 Å². The van der Waals surface area contributed by atoms with Crippen molar-refractivity contribution in [1.82, 2.24) is 0 Å². The fraction of sp³-hybridized carbons (Fsp3) is 0.667. The second-order valence-electron chi connectivity index (χ2n) is 3.21. The van der Waals surface area contributed by atoms with Crippen LogP contribution in [-0.2, 0) is 4.79 Å². The van der Waals surface area contributed by atoms with Gasteiger partial charge in [-0.1, -0.05) is 12.5 Å². The van der Waals surface area contributed by atoms with Crippen LogP contribution in [0.25, 0.3) is 0 Å². The molecule has 0 N–H and O–H groups in total. The zero-order valence-electron chi connectivity index (χ0n) is 6.90. The molecule has 1 atom stereocenters. The van der Waals surface area contributed by atoms with Crippen molar-refractivity contribution in [3.05, 3.63) is 11.1 Å². The van der Waals surface area contributed by atoms with Crippen molar-refractivity contribution in [2.75, 3.05) is 0 Å². The summed E-state index contributed by atoms with van der Waals surface area (Å²) in [5, 5.41) is 0. The number of ketones is 1. The van der Waals surface area contributed by atoms with Crippen molar-refractivity contribution in [2.24, 2.45) is 5.92 Å². The van der Waals surface area contributed by atoms with E-state index in [2.05, 4.69) is 6.92 Å². The number of carbonyl (C=O) groups is 1. The van der Waals surface area contributed by atoms with E-state index in [1.807, 2.05) is 13.8 Å². The predicted molar refractivity (Wildman–Crippen MR) is 41.8 cm³/mol. The maximum atomic E-state index is 11.3. The maximum absolute atomic E-state index is 11.3. The maximum Gasteiger partial charge on any atom is 0.161 e. The molecule has 0 saturated heterocycles. The fourth-order valence-electron chi connectivity index (χ4n) is 1.33. The number of hydrogen-bond donors (Lipinski definition) is 0. The zero-order chi connectivity index (χ0) is 7.72. The van der Waals surface area contributed by atoms with Gasteiger partial charge in [0.15, 0.2) is 5.78 Å². The third kappa shape index (κ3) is 1.13. The molecule has 1 nitrogen and oxygen atoms in total. The highest BCUT2D eigenvalue weighted by Crippen LogP contribution is 2.24. The minimum Gasteiger partial charge on any atom is -0.294 e. The standard InChI is InChI=1S/C9H14O/c1-6-4-5-7(2)9(10)8(6)3/h7H,4-5H2,1-3H3. The van der Waals surface area contributed by atoms with Gasteiger partial charge < -0.3 is 0 Å². The molecule has 1 heteroatoms. The fourth-order valence-corrected chi connectivity index (χ4v) is 1.33. The molecular formula is C9H14O. The highest BCUT2D eigenvalue weighted by Gasteiger charge is 2.20. The van der Waals surface area contributed by atoms with Gasteiger partial charge in [0.1, 0.15) is 0 Å². The molecule has 0 aliphatic heterocycles. The van der Waals surface area contributed by atoms with Crippen LogP contribution in [0.1, 0.15) is 33.6 Å². The van der Waals surface area contributed by atoms with Crippen molar-refractivity contribution in [3.8, 4) is 0 Å². The Hall–Kier alpha value is -0.590. The summed E-state index contributed by atoms with van der Waals surface area (Å²) in [5.41, 5.74) is 2.28. The van der Waals surface area contributed by atoms with Gasteiger partial charge >= 0.3 is 0 Å². The van der Waals surface area contributed by atoms with E-state index in [4.69, 9.17) is 0 Å². The first-order chi connectivity index (χ1) is 4.63. The Bertz CT molecular complexity index is 189. The number of rotatable bonds is 0. The van der Waals surface area contributed by atoms with Crippen LogP contribution in [0.2, 0.25) is 0 Å². The minimum absolute atomic E-state index is 0.267. The summed E-state index contributed by atoms with van der Waals surface area (Å²) >= 11 is 0. The summed E-state index contributed by atoms with van der Waals surface area (Å²) in [6, 6.07) is 0. The van der Waals surface area contributed by atoms with Crippen LogP contribution in [0.4, 0.5) is 0 Å². The lowest BCUT2D eigenvalue weighted by Crippen LogP contribution is -2.17. The summed E-state index contributed by atoms with van der Waals surface area (Å²) < 4.78 is 0. The molecular weight excluding hydrogens is 124 g/mol. The molecule has 1 aliphatic rings. The van der Waals surface area contributed by atoms with Crippen LogP contribution in [0, 0.1) is 5.92 Å². The Morgan fingerprint density at radius 1 is 1.40 bits per heavy atom. The largest absolute Gasteiger partial charge is 0.294 e. The lowest BCUT2D eigenvalue weighted by molar-refractivity contribution is -0.119. The Kier molecular flexibility index (Phi) is 1.93. The van der Waals surface area contributed by atoms with Crippen LogP contribution >= 0.6 is 0 Å². The molecule has 1 unspecified atom stereocenters. The zero-order valence-corrected chi connectivity index (χ0v) is 6.90. The van der Waals surface area contributed by atoms with E-state index in [1.165, 1.54) is 5.57 Å². The normalized spacial score (nSPS) is 27.5. The third-order valence-electron chi connectivity index (χ3n) is 2.41. The van der Waals surface area contributed by atoms with Gasteiger partial charge in [-0.3, -0.25) is 4.79 Å². The molecule has 0 fully saturated rings. The van der Waals surface area contributed by atoms with Gasteiger partial charge in [-0.05, 0) is 32.3 Å². The molecule has 0 bridgehead atoms. The lowest BCUT2D eigenvalue weighted by Gasteiger charge is -2.18. The van der Waals surface area contributed by atoms with Gasteiger partial charge in [-0.25, -0.2) is 0 Å². The molecule has 0 spiro atoms. The van der Waals surface area contributed by atoms with Gasteiger partial charge in [0.05, 0.1) is 0 Å². The highest BCUT2D eigenvalue weighted by atomic mass is 16.1. The van der Waals surface area contributed by atoms with E-state index in [-0.39, 0.29) is 5.92 Å². The number of Topliss-reactive ketones (excluding diaryl/α,β-unsaturated/α-hetero) is 1. The average molecular weight is 138 g/mol. The van der Waals surface area contributed by atoms with Crippen molar-refractivity contribution < 1.29 is 4.79 Å². The summed E-state index contributed by atoms with van der Waals surface area (Å²) in [7, 11) is 0. The Morgan fingerprint density at radius 2 is 2.00 bits per heavy atom. The molecule has 0 aromatic rings. The van der Waals surface area contributed by atoms with E-state index in [1.54, 1.807) is 0 Å². The Balaban J connectivity index is 2.88. The number of allylic oxidation sites excluding steroid dienone is 2. The predicted octanol–water partition coefficient (Wildman–Crippen LogP) is 2.32. The first-order valence-corrected chi connectivity index (χ1v) is 3.83. The first kappa shape index (κ1) is 7.52. The SMILES string of the molecule is CC1=C(C)C(=O)C(C)CC1. The van der Waals surface area contributed by atoms with Gasteiger partial charge in [0.2, 0.25) is 0 Å². The van der Waals surface area contributed by atoms with E-state index >= 15 is 0 Å². The molecule has 1 rings (SSSR count). The second-order valence-corrected chi connectivity index (χ2v) is 3.21. The van der Waals surface area contributed by atoms with Crippen LogP contribution < -0.4 is 0 Å². The Labute approximate surface area is 62.1 Å². The molecule has 0 aromatic heterocycles. The van der Waals surface area contributed by atoms with E-state index in [9.17, 15) is 4.79 Å². The van der Waals surface area contributed by atoms with Gasteiger partial charge in [0.25, 0.3) is 0 Å². The summed E-state index contributed by atoms with van der Waals surface area (Å²) in [6.45, 7) is 6.00. The summed E-state index contributed by atoms with van der Waals surface area (Å²) in [4.78, 5) is 11.3. The number of hydrogen-bond acceptors (Lipinski definition) is 1. The second kappa shape index (κ2) is 2.57. The van der Waals surface area contributed by atoms with Crippen LogP contribution in [0.15, 0.2) is 11.1 Å². The van der Waals surface area contributed by atoms with E-state index < -0.39 is 0 Å². The van der Waals surface area contributed by atoms with Gasteiger partial charge in [-0.2, -0.15) is 0 Å². The molecule has 1 aliphatic carbocycles. The molecule has 0 aromatic carbocycles. The van der Waals surface area contributed by atoms with Crippen LogP contribution in [0.3, 0.4) is 0 Å². The minimum atomic E-state index is 0.267. The van der Waals surface area contributed by atoms with Crippen molar-refractivity contribution in [1.29, 1.82) is 0 Å². The molecule has 0 heterocycles. The van der Waals surface area contributed by atoms with Crippen molar-refractivity contribution >= 4 is 5.78 Å². The molecule has 10 heavy (non-hydrogen) atoms. The molecule has 0 saturated carbocycles. The molecule has 0 radical (unpaired) electrons. The third-order valence-corrected chi connectivity index (χ3v) is 2.41. The smallest absolute Gasteiger partial charge is 0.161 e. The summed E-state index contributed by atoms with van der Waals surface area (Å²) in [5.74, 6) is 0.618. The van der Waals surface area contributed by atoms with Gasteiger partial charge in [-0.15, -0.1) is 0 Å². The lowest BCUT2D eigenvalue weighted by atomic mass is 9.85. The first-order valence-electron chi connectivity index (χ1n) is 3.83. The van der Waals surface area contributed by atoms with Crippen LogP contribution in [-0.4, -0.2) is 5.78 Å². The van der Waals surface area contributed by atoms with E-state index in [0.29, 0.717) is 5.78 Å². The topological polar surface area (TPSA) is 17.1 Å². The number of carbonyl (C=O) groups excluding carboxylic acids is 1. The average Bonchev–Trinajstić information content (AvgIpc) is 1.93. The molecule has 0 amide bonds. The van der Waals surface area contributed by atoms with E-state index in [0.717, 1.165) is 18.4 Å².